The first kappa shape index (κ1) is 13.5. The molecule has 1 fully saturated rings. The number of amides is 1. The number of nitrogens with zero attached hydrogens (tertiary/aromatic N) is 1. The van der Waals surface area contributed by atoms with Gasteiger partial charge in [-0.15, -0.1) is 0 Å². The van der Waals surface area contributed by atoms with Crippen molar-refractivity contribution in [1.29, 1.82) is 0 Å². The average Bonchev–Trinajstić information content (AvgIpc) is 2.76. The number of hydrogen-bond donors (Lipinski definition) is 0. The Morgan fingerprint density at radius 3 is 3.06 bits per heavy atom. The number of ether oxygens (including phenoxy) is 1. The summed E-state index contributed by atoms with van der Waals surface area (Å²) in [5.74, 6) is 5.06. The highest BCUT2D eigenvalue weighted by molar-refractivity contribution is 5.93. The summed E-state index contributed by atoms with van der Waals surface area (Å²) in [4.78, 5) is 13.2. The zero-order valence-corrected chi connectivity index (χ0v) is 10.5. The highest BCUT2D eigenvalue weighted by Crippen LogP contribution is 2.13. The molecule has 0 saturated carbocycles. The molecule has 1 atom stereocenters. The molecule has 3 heteroatoms. The number of likely N-dealkylation sites (tertiary alicyclic amines) is 1. The second-order valence-electron chi connectivity index (χ2n) is 4.01. The molecule has 0 bridgehead atoms. The van der Waals surface area contributed by atoms with E-state index < -0.39 is 0 Å². The third kappa shape index (κ3) is 4.46. The van der Waals surface area contributed by atoms with E-state index in [4.69, 9.17) is 4.74 Å². The molecule has 0 spiro atoms. The van der Waals surface area contributed by atoms with Crippen LogP contribution in [-0.2, 0) is 9.53 Å². The lowest BCUT2D eigenvalue weighted by molar-refractivity contribution is -0.124. The van der Waals surface area contributed by atoms with Gasteiger partial charge in [-0.2, -0.15) is 0 Å². The molecule has 1 amide bonds. The van der Waals surface area contributed by atoms with Crippen LogP contribution in [0, 0.1) is 11.8 Å². The largest absolute Gasteiger partial charge is 0.372 e. The molecule has 1 aliphatic rings. The third-order valence-electron chi connectivity index (χ3n) is 2.57. The molecular weight excluding hydrogens is 214 g/mol. The van der Waals surface area contributed by atoms with Crippen LogP contribution in [0.25, 0.3) is 0 Å². The molecule has 0 radical (unpaired) electrons. The summed E-state index contributed by atoms with van der Waals surface area (Å²) in [6, 6.07) is 0. The monoisotopic (exact) mass is 233 g/mol. The Bertz CT molecular complexity index is 373. The van der Waals surface area contributed by atoms with Crippen molar-refractivity contribution in [2.24, 2.45) is 0 Å². The highest BCUT2D eigenvalue weighted by atomic mass is 16.5. The lowest BCUT2D eigenvalue weighted by Gasteiger charge is -2.13. The maximum atomic E-state index is 11.5. The molecule has 1 rings (SSSR count). The Kier molecular flexibility index (Phi) is 5.51. The predicted octanol–water partition coefficient (Wildman–Crippen LogP) is 1.76. The molecule has 3 nitrogen and oxygen atoms in total. The Hall–Kier alpha value is -1.53. The minimum absolute atomic E-state index is 0.106. The van der Waals surface area contributed by atoms with Crippen LogP contribution in [-0.4, -0.2) is 36.6 Å². The molecule has 1 unspecified atom stereocenters. The van der Waals surface area contributed by atoms with E-state index in [0.717, 1.165) is 18.5 Å². The van der Waals surface area contributed by atoms with Crippen LogP contribution in [0.1, 0.15) is 20.3 Å². The Morgan fingerprint density at radius 1 is 1.65 bits per heavy atom. The first-order valence-corrected chi connectivity index (χ1v) is 5.81. The maximum absolute atomic E-state index is 11.5. The summed E-state index contributed by atoms with van der Waals surface area (Å²) in [6.45, 7) is 9.38. The molecular formula is C14H19NO2. The fourth-order valence-corrected chi connectivity index (χ4v) is 1.74. The summed E-state index contributed by atoms with van der Waals surface area (Å²) < 4.78 is 5.68. The first-order valence-electron chi connectivity index (χ1n) is 5.81. The first-order chi connectivity index (χ1) is 8.17. The summed E-state index contributed by atoms with van der Waals surface area (Å²) in [5, 5.41) is 0. The van der Waals surface area contributed by atoms with Crippen LogP contribution in [0.2, 0.25) is 0 Å². The zero-order chi connectivity index (χ0) is 12.7. The summed E-state index contributed by atoms with van der Waals surface area (Å²) in [6.07, 6.45) is 4.85. The van der Waals surface area contributed by atoms with E-state index in [-0.39, 0.29) is 12.0 Å². The summed E-state index contributed by atoms with van der Waals surface area (Å²) >= 11 is 0. The van der Waals surface area contributed by atoms with Crippen molar-refractivity contribution >= 4 is 5.91 Å². The van der Waals surface area contributed by atoms with Gasteiger partial charge in [0.05, 0.1) is 12.7 Å². The Labute approximate surface area is 103 Å². The van der Waals surface area contributed by atoms with E-state index in [1.54, 1.807) is 11.8 Å². The third-order valence-corrected chi connectivity index (χ3v) is 2.57. The van der Waals surface area contributed by atoms with Gasteiger partial charge < -0.3 is 9.64 Å². The highest BCUT2D eigenvalue weighted by Gasteiger charge is 2.25. The molecule has 1 heterocycles. The van der Waals surface area contributed by atoms with Gasteiger partial charge in [-0.1, -0.05) is 24.7 Å². The van der Waals surface area contributed by atoms with Gasteiger partial charge >= 0.3 is 0 Å². The maximum Gasteiger partial charge on any atom is 0.298 e. The number of carbonyl (C=O) groups is 1. The second-order valence-corrected chi connectivity index (χ2v) is 4.01. The van der Waals surface area contributed by atoms with Gasteiger partial charge in [0.2, 0.25) is 0 Å². The normalized spacial score (nSPS) is 19.2. The van der Waals surface area contributed by atoms with Crippen molar-refractivity contribution in [3.05, 3.63) is 24.3 Å². The topological polar surface area (TPSA) is 29.5 Å². The predicted molar refractivity (Wildman–Crippen MR) is 68.3 cm³/mol. The molecule has 92 valence electrons. The van der Waals surface area contributed by atoms with E-state index in [1.807, 2.05) is 19.1 Å². The standard InChI is InChI=1S/C14H19NO2/c1-4-6-12(3)11-17-13-8-9-15(10-13)14(16)7-5-2/h4,6,13H,3,8-11H2,1-2H3/b6-4-. The van der Waals surface area contributed by atoms with E-state index in [9.17, 15) is 4.79 Å². The molecule has 1 saturated heterocycles. The van der Waals surface area contributed by atoms with Gasteiger partial charge in [0, 0.05) is 13.1 Å². The van der Waals surface area contributed by atoms with Crippen LogP contribution < -0.4 is 0 Å². The fourth-order valence-electron chi connectivity index (χ4n) is 1.74. The summed E-state index contributed by atoms with van der Waals surface area (Å²) in [7, 11) is 0. The SMILES string of the molecule is C=C(/C=C\C)COC1CCN(C(=O)C#CC)C1. The van der Waals surface area contributed by atoms with Gasteiger partial charge in [-0.3, -0.25) is 4.79 Å². The number of allylic oxidation sites excluding steroid dienone is 1. The van der Waals surface area contributed by atoms with Gasteiger partial charge in [0.1, 0.15) is 0 Å². The number of hydrogen-bond acceptors (Lipinski definition) is 2. The smallest absolute Gasteiger partial charge is 0.298 e. The molecule has 1 aliphatic heterocycles. The molecule has 0 aromatic rings. The minimum Gasteiger partial charge on any atom is -0.372 e. The van der Waals surface area contributed by atoms with Crippen LogP contribution in [0.3, 0.4) is 0 Å². The van der Waals surface area contributed by atoms with E-state index >= 15 is 0 Å². The van der Waals surface area contributed by atoms with Gasteiger partial charge in [0.25, 0.3) is 5.91 Å². The van der Waals surface area contributed by atoms with E-state index in [2.05, 4.69) is 18.4 Å². The van der Waals surface area contributed by atoms with Crippen molar-refractivity contribution in [2.75, 3.05) is 19.7 Å². The van der Waals surface area contributed by atoms with Crippen molar-refractivity contribution in [3.8, 4) is 11.8 Å². The van der Waals surface area contributed by atoms with Crippen molar-refractivity contribution in [1.82, 2.24) is 4.90 Å². The molecule has 17 heavy (non-hydrogen) atoms. The van der Waals surface area contributed by atoms with E-state index in [0.29, 0.717) is 13.2 Å². The van der Waals surface area contributed by atoms with Gasteiger partial charge in [-0.25, -0.2) is 0 Å². The lowest BCUT2D eigenvalue weighted by atomic mass is 10.3. The number of carbonyl (C=O) groups excluding carboxylic acids is 1. The summed E-state index contributed by atoms with van der Waals surface area (Å²) in [5.41, 5.74) is 0.950. The van der Waals surface area contributed by atoms with Crippen molar-refractivity contribution in [2.45, 2.75) is 26.4 Å². The minimum atomic E-state index is -0.106. The van der Waals surface area contributed by atoms with Crippen LogP contribution in [0.5, 0.6) is 0 Å². The second kappa shape index (κ2) is 6.93. The van der Waals surface area contributed by atoms with Gasteiger partial charge in [0.15, 0.2) is 0 Å². The van der Waals surface area contributed by atoms with Crippen molar-refractivity contribution in [3.63, 3.8) is 0 Å². The molecule has 0 aromatic carbocycles. The Balaban J connectivity index is 2.32. The fraction of sp³-hybridized carbons (Fsp3) is 0.500. The molecule has 0 aliphatic carbocycles. The zero-order valence-electron chi connectivity index (χ0n) is 10.5. The van der Waals surface area contributed by atoms with Crippen LogP contribution >= 0.6 is 0 Å². The Morgan fingerprint density at radius 2 is 2.41 bits per heavy atom. The lowest BCUT2D eigenvalue weighted by Crippen LogP contribution is -2.29. The van der Waals surface area contributed by atoms with Crippen LogP contribution in [0.4, 0.5) is 0 Å². The quantitative estimate of drug-likeness (QED) is 0.547. The average molecular weight is 233 g/mol. The van der Waals surface area contributed by atoms with Crippen molar-refractivity contribution < 1.29 is 9.53 Å². The molecule has 0 N–H and O–H groups in total. The van der Waals surface area contributed by atoms with Gasteiger partial charge in [-0.05, 0) is 31.8 Å². The van der Waals surface area contributed by atoms with E-state index in [1.165, 1.54) is 0 Å². The molecule has 0 aromatic heterocycles. The number of rotatable bonds is 4. The van der Waals surface area contributed by atoms with Crippen LogP contribution in [0.15, 0.2) is 24.3 Å².